The molecule has 2 aliphatic rings. The zero-order valence-corrected chi connectivity index (χ0v) is 7.83. The molecule has 0 saturated heterocycles. The molecule has 2 saturated carbocycles. The summed E-state index contributed by atoms with van der Waals surface area (Å²) in [6.07, 6.45) is 5.92. The molecule has 0 aromatic carbocycles. The van der Waals surface area contributed by atoms with E-state index in [0.717, 1.165) is 12.8 Å². The number of carboxylic acid groups (broad SMARTS) is 1. The molecule has 0 aromatic rings. The lowest BCUT2D eigenvalue weighted by atomic mass is 9.76. The number of carbonyl (C=O) groups is 1. The van der Waals surface area contributed by atoms with Crippen LogP contribution in [0.25, 0.3) is 0 Å². The van der Waals surface area contributed by atoms with Crippen molar-refractivity contribution in [2.45, 2.75) is 38.1 Å². The minimum atomic E-state index is -0.613. The molecular formula is C10H17NO2. The largest absolute Gasteiger partial charge is 0.481 e. The molecule has 3 nitrogen and oxygen atoms in total. The normalized spacial score (nSPS) is 25.2. The molecule has 0 spiro atoms. The molecule has 0 radical (unpaired) electrons. The van der Waals surface area contributed by atoms with E-state index < -0.39 is 5.97 Å². The number of nitrogens with one attached hydrogen (secondary N) is 1. The Labute approximate surface area is 78.5 Å². The monoisotopic (exact) mass is 183 g/mol. The number of hydrogen-bond acceptors (Lipinski definition) is 2. The van der Waals surface area contributed by atoms with Gasteiger partial charge in [0.05, 0.1) is 5.92 Å². The van der Waals surface area contributed by atoms with E-state index in [1.54, 1.807) is 0 Å². The minimum absolute atomic E-state index is 0.130. The number of hydrogen-bond donors (Lipinski definition) is 2. The van der Waals surface area contributed by atoms with E-state index >= 15 is 0 Å². The van der Waals surface area contributed by atoms with Crippen molar-refractivity contribution < 1.29 is 9.90 Å². The fourth-order valence-electron chi connectivity index (χ4n) is 1.88. The summed E-state index contributed by atoms with van der Waals surface area (Å²) >= 11 is 0. The Kier molecular flexibility index (Phi) is 2.54. The van der Waals surface area contributed by atoms with Crippen molar-refractivity contribution in [2.75, 3.05) is 6.54 Å². The molecule has 2 N–H and O–H groups in total. The van der Waals surface area contributed by atoms with Gasteiger partial charge in [0.2, 0.25) is 0 Å². The fraction of sp³-hybridized carbons (Fsp3) is 0.900. The second-order valence-corrected chi connectivity index (χ2v) is 4.32. The maximum atomic E-state index is 10.9. The number of carboxylic acids is 1. The van der Waals surface area contributed by atoms with Crippen LogP contribution < -0.4 is 5.32 Å². The first-order valence-corrected chi connectivity index (χ1v) is 5.23. The second kappa shape index (κ2) is 3.66. The molecule has 1 atom stereocenters. The van der Waals surface area contributed by atoms with E-state index in [2.05, 4.69) is 5.32 Å². The van der Waals surface area contributed by atoms with E-state index in [9.17, 15) is 4.79 Å². The van der Waals surface area contributed by atoms with Gasteiger partial charge in [-0.3, -0.25) is 4.79 Å². The molecule has 1 unspecified atom stereocenters. The van der Waals surface area contributed by atoms with Crippen LogP contribution in [-0.2, 0) is 4.79 Å². The van der Waals surface area contributed by atoms with Crippen LogP contribution in [-0.4, -0.2) is 23.7 Å². The van der Waals surface area contributed by atoms with Gasteiger partial charge in [-0.05, 0) is 31.6 Å². The molecule has 0 aromatic heterocycles. The second-order valence-electron chi connectivity index (χ2n) is 4.32. The highest BCUT2D eigenvalue weighted by Crippen LogP contribution is 2.33. The molecule has 3 heteroatoms. The molecule has 2 rings (SSSR count). The van der Waals surface area contributed by atoms with Crippen LogP contribution in [0.5, 0.6) is 0 Å². The highest BCUT2D eigenvalue weighted by atomic mass is 16.4. The first kappa shape index (κ1) is 9.00. The summed E-state index contributed by atoms with van der Waals surface area (Å²) in [7, 11) is 0. The predicted molar refractivity (Wildman–Crippen MR) is 49.5 cm³/mol. The smallest absolute Gasteiger partial charge is 0.308 e. The van der Waals surface area contributed by atoms with Crippen molar-refractivity contribution >= 4 is 5.97 Å². The zero-order chi connectivity index (χ0) is 9.26. The Morgan fingerprint density at radius 2 is 2.08 bits per heavy atom. The highest BCUT2D eigenvalue weighted by Gasteiger charge is 2.33. The van der Waals surface area contributed by atoms with E-state index in [0.29, 0.717) is 18.5 Å². The van der Waals surface area contributed by atoms with Gasteiger partial charge in [0, 0.05) is 12.6 Å². The summed E-state index contributed by atoms with van der Waals surface area (Å²) in [5.41, 5.74) is 0. The van der Waals surface area contributed by atoms with Crippen molar-refractivity contribution in [3.63, 3.8) is 0 Å². The van der Waals surface area contributed by atoms with Crippen molar-refractivity contribution in [2.24, 2.45) is 11.8 Å². The first-order chi connectivity index (χ1) is 6.27. The van der Waals surface area contributed by atoms with E-state index in [1.807, 2.05) is 0 Å². The molecule has 13 heavy (non-hydrogen) atoms. The third-order valence-electron chi connectivity index (χ3n) is 3.24. The standard InChI is InChI=1S/C10H17NO2/c12-10(13)9(7-2-1-3-7)6-11-8-4-5-8/h7-9,11H,1-6H2,(H,12,13). The Morgan fingerprint density at radius 3 is 2.46 bits per heavy atom. The third kappa shape index (κ3) is 2.21. The van der Waals surface area contributed by atoms with Crippen LogP contribution in [0.2, 0.25) is 0 Å². The summed E-state index contributed by atoms with van der Waals surface area (Å²) in [5, 5.41) is 12.3. The van der Waals surface area contributed by atoms with Crippen molar-refractivity contribution in [1.82, 2.24) is 5.32 Å². The van der Waals surface area contributed by atoms with Gasteiger partial charge in [0.1, 0.15) is 0 Å². The summed E-state index contributed by atoms with van der Waals surface area (Å²) in [4.78, 5) is 10.9. The molecule has 0 heterocycles. The maximum Gasteiger partial charge on any atom is 0.308 e. The molecule has 0 aliphatic heterocycles. The van der Waals surface area contributed by atoms with Crippen LogP contribution in [0.4, 0.5) is 0 Å². The Morgan fingerprint density at radius 1 is 1.38 bits per heavy atom. The zero-order valence-electron chi connectivity index (χ0n) is 7.83. The summed E-state index contributed by atoms with van der Waals surface area (Å²) in [5.74, 6) is -0.295. The maximum absolute atomic E-state index is 10.9. The quantitative estimate of drug-likeness (QED) is 0.674. The molecule has 74 valence electrons. The van der Waals surface area contributed by atoms with Crippen molar-refractivity contribution in [1.29, 1.82) is 0 Å². The van der Waals surface area contributed by atoms with Crippen LogP contribution in [0.15, 0.2) is 0 Å². The van der Waals surface area contributed by atoms with Gasteiger partial charge in [0.15, 0.2) is 0 Å². The number of rotatable bonds is 5. The summed E-state index contributed by atoms with van der Waals surface area (Å²) in [6, 6.07) is 0.627. The van der Waals surface area contributed by atoms with Gasteiger partial charge in [-0.2, -0.15) is 0 Å². The summed E-state index contributed by atoms with van der Waals surface area (Å²) in [6.45, 7) is 0.685. The first-order valence-electron chi connectivity index (χ1n) is 5.23. The van der Waals surface area contributed by atoms with Crippen LogP contribution in [0, 0.1) is 11.8 Å². The van der Waals surface area contributed by atoms with Gasteiger partial charge >= 0.3 is 5.97 Å². The van der Waals surface area contributed by atoms with Crippen molar-refractivity contribution in [3.8, 4) is 0 Å². The Balaban J connectivity index is 1.77. The summed E-state index contributed by atoms with van der Waals surface area (Å²) < 4.78 is 0. The lowest BCUT2D eigenvalue weighted by Gasteiger charge is -2.31. The Bertz CT molecular complexity index is 197. The number of aliphatic carboxylic acids is 1. The fourth-order valence-corrected chi connectivity index (χ4v) is 1.88. The lowest BCUT2D eigenvalue weighted by molar-refractivity contribution is -0.144. The lowest BCUT2D eigenvalue weighted by Crippen LogP contribution is -2.37. The average Bonchev–Trinajstić information content (AvgIpc) is 2.75. The minimum Gasteiger partial charge on any atom is -0.481 e. The Hall–Kier alpha value is -0.570. The van der Waals surface area contributed by atoms with Gasteiger partial charge in [0.25, 0.3) is 0 Å². The molecule has 2 aliphatic carbocycles. The van der Waals surface area contributed by atoms with Gasteiger partial charge < -0.3 is 10.4 Å². The van der Waals surface area contributed by atoms with Crippen LogP contribution in [0.3, 0.4) is 0 Å². The van der Waals surface area contributed by atoms with Crippen LogP contribution >= 0.6 is 0 Å². The molecule has 2 fully saturated rings. The highest BCUT2D eigenvalue weighted by molar-refractivity contribution is 5.70. The van der Waals surface area contributed by atoms with E-state index in [1.165, 1.54) is 19.3 Å². The SMILES string of the molecule is O=C(O)C(CNC1CC1)C1CCC1. The van der Waals surface area contributed by atoms with Crippen LogP contribution in [0.1, 0.15) is 32.1 Å². The average molecular weight is 183 g/mol. The van der Waals surface area contributed by atoms with Gasteiger partial charge in [-0.25, -0.2) is 0 Å². The molecule has 0 amide bonds. The van der Waals surface area contributed by atoms with E-state index in [4.69, 9.17) is 5.11 Å². The van der Waals surface area contributed by atoms with Gasteiger partial charge in [-0.1, -0.05) is 6.42 Å². The predicted octanol–water partition coefficient (Wildman–Crippen LogP) is 1.24. The molecular weight excluding hydrogens is 166 g/mol. The van der Waals surface area contributed by atoms with Crippen molar-refractivity contribution in [3.05, 3.63) is 0 Å². The van der Waals surface area contributed by atoms with Gasteiger partial charge in [-0.15, -0.1) is 0 Å². The topological polar surface area (TPSA) is 49.3 Å². The third-order valence-corrected chi connectivity index (χ3v) is 3.24. The molecule has 0 bridgehead atoms. The van der Waals surface area contributed by atoms with E-state index in [-0.39, 0.29) is 5.92 Å².